The molecule has 70 valence electrons. The van der Waals surface area contributed by atoms with Crippen molar-refractivity contribution in [3.05, 3.63) is 0 Å². The summed E-state index contributed by atoms with van der Waals surface area (Å²) in [5, 5.41) is 11.8. The third kappa shape index (κ3) is 2.21. The molecular formula is C9H17NO2. The molecule has 0 heterocycles. The van der Waals surface area contributed by atoms with E-state index in [2.05, 4.69) is 12.2 Å². The molecule has 0 atom stereocenters. The largest absolute Gasteiger partial charge is 0.481 e. The Kier molecular flexibility index (Phi) is 3.09. The fraction of sp³-hybridized carbons (Fsp3) is 0.889. The van der Waals surface area contributed by atoms with Crippen molar-refractivity contribution < 1.29 is 9.90 Å². The number of carbonyl (C=O) groups is 1. The molecule has 0 aromatic heterocycles. The zero-order valence-corrected chi connectivity index (χ0v) is 7.60. The zero-order valence-electron chi connectivity index (χ0n) is 7.60. The highest BCUT2D eigenvalue weighted by Crippen LogP contribution is 2.34. The van der Waals surface area contributed by atoms with E-state index in [0.29, 0.717) is 6.54 Å². The SMILES string of the molecule is CCC1(NCCC(=O)O)CCC1. The van der Waals surface area contributed by atoms with E-state index < -0.39 is 5.97 Å². The van der Waals surface area contributed by atoms with Crippen LogP contribution in [0.5, 0.6) is 0 Å². The average molecular weight is 171 g/mol. The molecule has 0 radical (unpaired) electrons. The maximum Gasteiger partial charge on any atom is 0.304 e. The lowest BCUT2D eigenvalue weighted by atomic mass is 9.75. The van der Waals surface area contributed by atoms with Crippen molar-refractivity contribution in [1.82, 2.24) is 5.32 Å². The minimum atomic E-state index is -0.715. The van der Waals surface area contributed by atoms with E-state index in [0.717, 1.165) is 6.42 Å². The Hall–Kier alpha value is -0.570. The van der Waals surface area contributed by atoms with Crippen molar-refractivity contribution in [2.45, 2.75) is 44.6 Å². The number of nitrogens with one attached hydrogen (secondary N) is 1. The van der Waals surface area contributed by atoms with Crippen molar-refractivity contribution in [3.8, 4) is 0 Å². The van der Waals surface area contributed by atoms with Crippen LogP contribution in [0.3, 0.4) is 0 Å². The molecular weight excluding hydrogens is 154 g/mol. The van der Waals surface area contributed by atoms with E-state index >= 15 is 0 Å². The van der Waals surface area contributed by atoms with Gasteiger partial charge < -0.3 is 10.4 Å². The van der Waals surface area contributed by atoms with Gasteiger partial charge in [0.2, 0.25) is 0 Å². The molecule has 0 bridgehead atoms. The minimum absolute atomic E-state index is 0.238. The lowest BCUT2D eigenvalue weighted by Gasteiger charge is -2.42. The van der Waals surface area contributed by atoms with Gasteiger partial charge in [-0.3, -0.25) is 4.79 Å². The van der Waals surface area contributed by atoms with Gasteiger partial charge in [0.05, 0.1) is 6.42 Å². The molecule has 0 spiro atoms. The van der Waals surface area contributed by atoms with E-state index in [1.165, 1.54) is 19.3 Å². The number of carboxylic acid groups (broad SMARTS) is 1. The first-order valence-electron chi connectivity index (χ1n) is 4.65. The molecule has 1 fully saturated rings. The number of rotatable bonds is 5. The van der Waals surface area contributed by atoms with Gasteiger partial charge >= 0.3 is 5.97 Å². The summed E-state index contributed by atoms with van der Waals surface area (Å²) in [5.74, 6) is -0.715. The Balaban J connectivity index is 2.16. The predicted molar refractivity (Wildman–Crippen MR) is 47.1 cm³/mol. The second-order valence-corrected chi connectivity index (χ2v) is 3.56. The van der Waals surface area contributed by atoms with Gasteiger partial charge in [0.25, 0.3) is 0 Å². The summed E-state index contributed by atoms with van der Waals surface area (Å²) in [6, 6.07) is 0. The molecule has 0 aliphatic heterocycles. The van der Waals surface area contributed by atoms with Crippen LogP contribution < -0.4 is 5.32 Å². The Labute approximate surface area is 73.2 Å². The normalized spacial score (nSPS) is 20.1. The van der Waals surface area contributed by atoms with Crippen molar-refractivity contribution in [1.29, 1.82) is 0 Å². The molecule has 0 saturated heterocycles. The molecule has 3 heteroatoms. The van der Waals surface area contributed by atoms with Gasteiger partial charge in [0, 0.05) is 12.1 Å². The van der Waals surface area contributed by atoms with Gasteiger partial charge in [-0.2, -0.15) is 0 Å². The molecule has 3 nitrogen and oxygen atoms in total. The highest BCUT2D eigenvalue weighted by Gasteiger charge is 2.33. The maximum atomic E-state index is 10.2. The van der Waals surface area contributed by atoms with Gasteiger partial charge in [-0.25, -0.2) is 0 Å². The Bertz CT molecular complexity index is 158. The number of hydrogen-bond acceptors (Lipinski definition) is 2. The van der Waals surface area contributed by atoms with Crippen molar-refractivity contribution in [2.75, 3.05) is 6.54 Å². The zero-order chi connectivity index (χ0) is 9.03. The molecule has 0 aromatic carbocycles. The molecule has 12 heavy (non-hydrogen) atoms. The smallest absolute Gasteiger partial charge is 0.304 e. The molecule has 1 aliphatic rings. The summed E-state index contributed by atoms with van der Waals surface area (Å²) >= 11 is 0. The van der Waals surface area contributed by atoms with Crippen LogP contribution in [0.25, 0.3) is 0 Å². The Morgan fingerprint density at radius 2 is 2.25 bits per heavy atom. The summed E-state index contributed by atoms with van der Waals surface area (Å²) in [6.45, 7) is 2.77. The third-order valence-corrected chi connectivity index (χ3v) is 2.83. The Morgan fingerprint density at radius 1 is 1.58 bits per heavy atom. The third-order valence-electron chi connectivity index (χ3n) is 2.83. The predicted octanol–water partition coefficient (Wildman–Crippen LogP) is 1.38. The highest BCUT2D eigenvalue weighted by atomic mass is 16.4. The van der Waals surface area contributed by atoms with Gasteiger partial charge in [0.1, 0.15) is 0 Å². The van der Waals surface area contributed by atoms with Crippen LogP contribution in [0, 0.1) is 0 Å². The van der Waals surface area contributed by atoms with Crippen molar-refractivity contribution in [3.63, 3.8) is 0 Å². The number of aliphatic carboxylic acids is 1. The number of carboxylic acids is 1. The van der Waals surface area contributed by atoms with Gasteiger partial charge in [-0.15, -0.1) is 0 Å². The molecule has 1 aliphatic carbocycles. The molecule has 1 saturated carbocycles. The fourth-order valence-corrected chi connectivity index (χ4v) is 1.69. The monoisotopic (exact) mass is 171 g/mol. The van der Waals surface area contributed by atoms with Crippen LogP contribution >= 0.6 is 0 Å². The van der Waals surface area contributed by atoms with Crippen LogP contribution in [0.2, 0.25) is 0 Å². The van der Waals surface area contributed by atoms with E-state index in [-0.39, 0.29) is 12.0 Å². The van der Waals surface area contributed by atoms with E-state index in [1.54, 1.807) is 0 Å². The van der Waals surface area contributed by atoms with Gasteiger partial charge in [0.15, 0.2) is 0 Å². The molecule has 1 rings (SSSR count). The van der Waals surface area contributed by atoms with E-state index in [9.17, 15) is 4.79 Å². The average Bonchev–Trinajstić information content (AvgIpc) is 1.94. The maximum absolute atomic E-state index is 10.2. The Morgan fingerprint density at radius 3 is 2.58 bits per heavy atom. The summed E-state index contributed by atoms with van der Waals surface area (Å²) in [5.41, 5.74) is 0.287. The van der Waals surface area contributed by atoms with E-state index in [4.69, 9.17) is 5.11 Å². The van der Waals surface area contributed by atoms with Gasteiger partial charge in [-0.05, 0) is 25.7 Å². The quantitative estimate of drug-likeness (QED) is 0.657. The lowest BCUT2D eigenvalue weighted by Crippen LogP contribution is -2.50. The minimum Gasteiger partial charge on any atom is -0.481 e. The van der Waals surface area contributed by atoms with E-state index in [1.807, 2.05) is 0 Å². The van der Waals surface area contributed by atoms with Crippen LogP contribution in [0.15, 0.2) is 0 Å². The first kappa shape index (κ1) is 9.52. The van der Waals surface area contributed by atoms with Crippen molar-refractivity contribution >= 4 is 5.97 Å². The van der Waals surface area contributed by atoms with Crippen LogP contribution in [0.1, 0.15) is 39.0 Å². The van der Waals surface area contributed by atoms with Crippen LogP contribution in [-0.2, 0) is 4.79 Å². The van der Waals surface area contributed by atoms with Crippen LogP contribution in [0.4, 0.5) is 0 Å². The van der Waals surface area contributed by atoms with Crippen LogP contribution in [-0.4, -0.2) is 23.2 Å². The highest BCUT2D eigenvalue weighted by molar-refractivity contribution is 5.66. The lowest BCUT2D eigenvalue weighted by molar-refractivity contribution is -0.137. The molecule has 2 N–H and O–H groups in total. The second-order valence-electron chi connectivity index (χ2n) is 3.56. The summed E-state index contributed by atoms with van der Waals surface area (Å²) in [6.07, 6.45) is 5.06. The first-order chi connectivity index (χ1) is 5.68. The molecule has 0 unspecified atom stereocenters. The van der Waals surface area contributed by atoms with Gasteiger partial charge in [-0.1, -0.05) is 6.92 Å². The summed E-state index contributed by atoms with van der Waals surface area (Å²) < 4.78 is 0. The van der Waals surface area contributed by atoms with Crippen molar-refractivity contribution in [2.24, 2.45) is 0 Å². The molecule has 0 aromatic rings. The molecule has 0 amide bonds. The topological polar surface area (TPSA) is 49.3 Å². The standard InChI is InChI=1S/C9H17NO2/c1-2-9(5-3-6-9)10-7-4-8(11)12/h10H,2-7H2,1H3,(H,11,12). The summed E-state index contributed by atoms with van der Waals surface area (Å²) in [4.78, 5) is 10.2. The summed E-state index contributed by atoms with van der Waals surface area (Å²) in [7, 11) is 0. The second kappa shape index (κ2) is 3.90. The first-order valence-corrected chi connectivity index (χ1v) is 4.65. The fourth-order valence-electron chi connectivity index (χ4n) is 1.69. The number of hydrogen-bond donors (Lipinski definition) is 2.